The third kappa shape index (κ3) is 7.73. The molecule has 0 radical (unpaired) electrons. The summed E-state index contributed by atoms with van der Waals surface area (Å²) in [5.74, 6) is -0.436. The second-order valence-corrected chi connectivity index (χ2v) is 8.38. The zero-order valence-corrected chi connectivity index (χ0v) is 21.0. The number of carboxylic acid groups (broad SMARTS) is 1. The van der Waals surface area contributed by atoms with Gasteiger partial charge in [0, 0.05) is 31.4 Å². The summed E-state index contributed by atoms with van der Waals surface area (Å²) in [5, 5.41) is 16.3. The highest BCUT2D eigenvalue weighted by atomic mass is 35.5. The largest absolute Gasteiger partial charge is 0.490 e. The predicted octanol–water partition coefficient (Wildman–Crippen LogP) is 5.47. The molecule has 0 aliphatic carbocycles. The third-order valence-corrected chi connectivity index (χ3v) is 5.42. The number of benzene rings is 2. The summed E-state index contributed by atoms with van der Waals surface area (Å²) in [6.45, 7) is 2.38. The van der Waals surface area contributed by atoms with Crippen LogP contribution in [0.1, 0.15) is 27.2 Å². The number of rotatable bonds is 10. The fourth-order valence-electron chi connectivity index (χ4n) is 3.26. The zero-order valence-electron chi connectivity index (χ0n) is 20.3. The summed E-state index contributed by atoms with van der Waals surface area (Å²) in [4.78, 5) is 27.3. The molecular formula is C25H24ClF3N4O5. The molecule has 0 saturated carbocycles. The number of ether oxygens (including phenoxy) is 2. The molecule has 0 bridgehead atoms. The molecule has 0 saturated heterocycles. The van der Waals surface area contributed by atoms with Crippen LogP contribution >= 0.6 is 11.6 Å². The number of hydrogen-bond acceptors (Lipinski definition) is 6. The number of carbonyl (C=O) groups is 2. The van der Waals surface area contributed by atoms with Crippen LogP contribution in [0.15, 0.2) is 48.7 Å². The number of aromatic nitrogens is 1. The van der Waals surface area contributed by atoms with Crippen LogP contribution in [0.4, 0.5) is 23.7 Å². The molecule has 0 aliphatic heterocycles. The van der Waals surface area contributed by atoms with Gasteiger partial charge in [0.05, 0.1) is 16.3 Å². The molecule has 1 heterocycles. The summed E-state index contributed by atoms with van der Waals surface area (Å²) in [6.07, 6.45) is -3.40. The van der Waals surface area contributed by atoms with E-state index < -0.39 is 28.8 Å². The van der Waals surface area contributed by atoms with Gasteiger partial charge >= 0.3 is 18.2 Å². The van der Waals surface area contributed by atoms with E-state index in [1.54, 1.807) is 32.2 Å². The highest BCUT2D eigenvalue weighted by molar-refractivity contribution is 6.31. The molecule has 0 spiro atoms. The number of carboxylic acids is 1. The minimum absolute atomic E-state index is 0.00656. The average molecular weight is 553 g/mol. The maximum absolute atomic E-state index is 13.3. The Bertz CT molecular complexity index is 1320. The topological polar surface area (TPSA) is 122 Å². The van der Waals surface area contributed by atoms with Gasteiger partial charge in [0.1, 0.15) is 23.9 Å². The van der Waals surface area contributed by atoms with Gasteiger partial charge in [0.15, 0.2) is 5.69 Å². The molecule has 0 unspecified atom stereocenters. The summed E-state index contributed by atoms with van der Waals surface area (Å²) in [6, 6.07) is 8.86. The molecule has 3 aromatic rings. The highest BCUT2D eigenvalue weighted by Crippen LogP contribution is 2.40. The molecule has 2 aromatic carbocycles. The van der Waals surface area contributed by atoms with Crippen LogP contribution in [0.2, 0.25) is 5.02 Å². The first-order valence-corrected chi connectivity index (χ1v) is 11.6. The smallest absolute Gasteiger partial charge is 0.417 e. The lowest BCUT2D eigenvalue weighted by Crippen LogP contribution is -2.28. The predicted molar refractivity (Wildman–Crippen MR) is 134 cm³/mol. The number of likely N-dealkylation sites (N-methyl/N-ethyl adjacent to an activating group) is 1. The van der Waals surface area contributed by atoms with Crippen molar-refractivity contribution in [1.82, 2.24) is 15.6 Å². The lowest BCUT2D eigenvalue weighted by Gasteiger charge is -2.17. The van der Waals surface area contributed by atoms with Crippen molar-refractivity contribution in [2.24, 2.45) is 0 Å². The number of hydrogen-bond donors (Lipinski definition) is 4. The van der Waals surface area contributed by atoms with Crippen LogP contribution in [0, 0.1) is 6.92 Å². The Hall–Kier alpha value is -4.03. The molecular weight excluding hydrogens is 529 g/mol. The van der Waals surface area contributed by atoms with Crippen LogP contribution in [0.3, 0.4) is 0 Å². The molecule has 0 fully saturated rings. The Morgan fingerprint density at radius 1 is 1.11 bits per heavy atom. The first kappa shape index (κ1) is 28.5. The zero-order chi connectivity index (χ0) is 27.9. The monoisotopic (exact) mass is 552 g/mol. The first-order valence-electron chi connectivity index (χ1n) is 11.2. The normalized spacial score (nSPS) is 11.1. The van der Waals surface area contributed by atoms with Crippen LogP contribution in [0.25, 0.3) is 0 Å². The molecule has 202 valence electrons. The van der Waals surface area contributed by atoms with Gasteiger partial charge in [-0.3, -0.25) is 0 Å². The number of amides is 2. The number of halogens is 4. The number of aryl methyl sites for hydroxylation is 1. The second kappa shape index (κ2) is 12.5. The minimum Gasteiger partial charge on any atom is -0.490 e. The van der Waals surface area contributed by atoms with Gasteiger partial charge in [-0.05, 0) is 43.3 Å². The molecule has 1 aromatic heterocycles. The summed E-state index contributed by atoms with van der Waals surface area (Å²) in [7, 11) is 1.68. The third-order valence-electron chi connectivity index (χ3n) is 5.10. The van der Waals surface area contributed by atoms with Gasteiger partial charge in [-0.25, -0.2) is 14.6 Å². The number of pyridine rings is 1. The van der Waals surface area contributed by atoms with Gasteiger partial charge in [-0.15, -0.1) is 0 Å². The van der Waals surface area contributed by atoms with E-state index in [1.165, 1.54) is 18.3 Å². The molecule has 9 nitrogen and oxygen atoms in total. The first-order chi connectivity index (χ1) is 18.0. The van der Waals surface area contributed by atoms with Crippen molar-refractivity contribution in [3.05, 3.63) is 76.1 Å². The Kier molecular flexibility index (Phi) is 9.37. The van der Waals surface area contributed by atoms with Crippen molar-refractivity contribution in [1.29, 1.82) is 0 Å². The van der Waals surface area contributed by atoms with Crippen LogP contribution in [-0.4, -0.2) is 42.3 Å². The van der Waals surface area contributed by atoms with Gasteiger partial charge in [0.2, 0.25) is 0 Å². The van der Waals surface area contributed by atoms with E-state index in [4.69, 9.17) is 26.2 Å². The molecule has 2 amide bonds. The number of carbonyl (C=O) groups excluding carboxylic acids is 1. The number of aromatic carboxylic acids is 1. The number of nitrogens with zero attached hydrogens (tertiary/aromatic N) is 1. The Labute approximate surface area is 220 Å². The Morgan fingerprint density at radius 3 is 2.53 bits per heavy atom. The number of alkyl halides is 3. The van der Waals surface area contributed by atoms with Gasteiger partial charge in [0.25, 0.3) is 0 Å². The fraction of sp³-hybridized carbons (Fsp3) is 0.240. The Balaban J connectivity index is 1.68. The van der Waals surface area contributed by atoms with E-state index in [-0.39, 0.29) is 30.3 Å². The van der Waals surface area contributed by atoms with E-state index in [2.05, 4.69) is 20.9 Å². The molecule has 13 heteroatoms. The average Bonchev–Trinajstić information content (AvgIpc) is 2.85. The SMILES string of the molecule is CNCCOc1cc(Cl)c(C(F)(F)F)cc1NC(=O)NCc1ccc(Oc2ccnc(C(=O)O)c2)c(C)c1. The summed E-state index contributed by atoms with van der Waals surface area (Å²) >= 11 is 5.79. The number of anilines is 1. The van der Waals surface area contributed by atoms with Crippen LogP contribution in [0.5, 0.6) is 17.2 Å². The molecule has 4 N–H and O–H groups in total. The highest BCUT2D eigenvalue weighted by Gasteiger charge is 2.34. The van der Waals surface area contributed by atoms with E-state index in [0.717, 1.165) is 12.1 Å². The van der Waals surface area contributed by atoms with Crippen LogP contribution in [-0.2, 0) is 12.7 Å². The van der Waals surface area contributed by atoms with Gasteiger partial charge in [-0.2, -0.15) is 13.2 Å². The van der Waals surface area contributed by atoms with Gasteiger partial charge in [-0.1, -0.05) is 23.7 Å². The maximum atomic E-state index is 13.3. The maximum Gasteiger partial charge on any atom is 0.417 e. The molecule has 0 aliphatic rings. The lowest BCUT2D eigenvalue weighted by atomic mass is 10.1. The van der Waals surface area contributed by atoms with E-state index in [0.29, 0.717) is 29.2 Å². The van der Waals surface area contributed by atoms with Crippen molar-refractivity contribution in [2.75, 3.05) is 25.5 Å². The molecule has 3 rings (SSSR count). The number of urea groups is 1. The van der Waals surface area contributed by atoms with Crippen molar-refractivity contribution >= 4 is 29.3 Å². The van der Waals surface area contributed by atoms with Crippen LogP contribution < -0.4 is 25.4 Å². The van der Waals surface area contributed by atoms with E-state index in [9.17, 15) is 22.8 Å². The summed E-state index contributed by atoms with van der Waals surface area (Å²) in [5.41, 5.74) is -0.0695. The minimum atomic E-state index is -4.72. The van der Waals surface area contributed by atoms with Gasteiger partial charge < -0.3 is 30.5 Å². The quantitative estimate of drug-likeness (QED) is 0.246. The fourth-order valence-corrected chi connectivity index (χ4v) is 3.52. The lowest BCUT2D eigenvalue weighted by molar-refractivity contribution is -0.137. The number of nitrogens with one attached hydrogen (secondary N) is 3. The second-order valence-electron chi connectivity index (χ2n) is 7.97. The standard InChI is InChI=1S/C25H24ClF3N4O5/c1-14-9-15(3-4-21(14)38-16-5-6-31-20(10-16)23(34)35)13-32-24(36)33-19-11-17(25(27,28)29)18(26)12-22(19)37-8-7-30-2/h3-6,9-12,30H,7-8,13H2,1-2H3,(H,34,35)(H2,32,33,36). The van der Waals surface area contributed by atoms with Crippen molar-refractivity contribution in [2.45, 2.75) is 19.6 Å². The molecule has 38 heavy (non-hydrogen) atoms. The van der Waals surface area contributed by atoms with Crippen molar-refractivity contribution in [3.8, 4) is 17.2 Å². The molecule has 0 atom stereocenters. The summed E-state index contributed by atoms with van der Waals surface area (Å²) < 4.78 is 51.2. The van der Waals surface area contributed by atoms with Crippen molar-refractivity contribution < 1.29 is 37.3 Å². The van der Waals surface area contributed by atoms with E-state index in [1.807, 2.05) is 0 Å². The Morgan fingerprint density at radius 2 is 1.87 bits per heavy atom. The van der Waals surface area contributed by atoms with E-state index >= 15 is 0 Å². The van der Waals surface area contributed by atoms with Crippen molar-refractivity contribution in [3.63, 3.8) is 0 Å².